The van der Waals surface area contributed by atoms with Gasteiger partial charge in [-0.05, 0) is 31.4 Å². The lowest BCUT2D eigenvalue weighted by atomic mass is 9.78. The van der Waals surface area contributed by atoms with Crippen LogP contribution in [0.25, 0.3) is 0 Å². The first-order valence-electron chi connectivity index (χ1n) is 6.45. The van der Waals surface area contributed by atoms with E-state index in [4.69, 9.17) is 10.5 Å². The van der Waals surface area contributed by atoms with Crippen molar-refractivity contribution in [2.75, 3.05) is 0 Å². The number of hydrogen-bond donors (Lipinski definition) is 1. The molecule has 2 N–H and O–H groups in total. The molecule has 1 fully saturated rings. The summed E-state index contributed by atoms with van der Waals surface area (Å²) in [6, 6.07) is 4.05. The smallest absolute Gasteiger partial charge is 0.416 e. The van der Waals surface area contributed by atoms with Crippen molar-refractivity contribution in [2.45, 2.75) is 37.5 Å². The van der Waals surface area contributed by atoms with Crippen molar-refractivity contribution in [1.29, 1.82) is 0 Å². The van der Waals surface area contributed by atoms with Gasteiger partial charge in [-0.3, -0.25) is 4.79 Å². The molecular formula is C14H14F3NO3. The van der Waals surface area contributed by atoms with Gasteiger partial charge in [0.25, 0.3) is 0 Å². The van der Waals surface area contributed by atoms with E-state index in [-0.39, 0.29) is 24.2 Å². The molecule has 1 amide bonds. The van der Waals surface area contributed by atoms with E-state index in [0.717, 1.165) is 24.3 Å². The van der Waals surface area contributed by atoms with E-state index in [1.807, 2.05) is 0 Å². The lowest BCUT2D eigenvalue weighted by molar-refractivity contribution is -0.142. The number of carbonyl (C=O) groups is 2. The zero-order valence-corrected chi connectivity index (χ0v) is 11.1. The molecular weight excluding hydrogens is 287 g/mol. The van der Waals surface area contributed by atoms with E-state index in [2.05, 4.69) is 0 Å². The topological polar surface area (TPSA) is 69.4 Å². The maximum Gasteiger partial charge on any atom is 0.416 e. The SMILES string of the molecule is NC(=O)OC1(c2ccc(C(F)(F)F)cc2)CCCCC1=O. The molecule has 0 saturated heterocycles. The number of Topliss-reactive ketones (excluding diaryl/α,β-unsaturated/α-hetero) is 1. The van der Waals surface area contributed by atoms with Gasteiger partial charge in [-0.15, -0.1) is 0 Å². The van der Waals surface area contributed by atoms with Crippen LogP contribution in [0.1, 0.15) is 36.8 Å². The predicted molar refractivity (Wildman–Crippen MR) is 67.3 cm³/mol. The first-order chi connectivity index (χ1) is 9.75. The van der Waals surface area contributed by atoms with Crippen LogP contribution >= 0.6 is 0 Å². The minimum Gasteiger partial charge on any atom is -0.430 e. The van der Waals surface area contributed by atoms with Gasteiger partial charge in [0.05, 0.1) is 5.56 Å². The van der Waals surface area contributed by atoms with Gasteiger partial charge in [0.15, 0.2) is 11.4 Å². The average Bonchev–Trinajstić information content (AvgIpc) is 2.40. The third-order valence-electron chi connectivity index (χ3n) is 3.59. The number of primary amides is 1. The zero-order valence-electron chi connectivity index (χ0n) is 11.1. The van der Waals surface area contributed by atoms with Crippen molar-refractivity contribution in [3.05, 3.63) is 35.4 Å². The van der Waals surface area contributed by atoms with Crippen molar-refractivity contribution in [3.8, 4) is 0 Å². The molecule has 0 heterocycles. The molecule has 1 unspecified atom stereocenters. The molecule has 0 aliphatic heterocycles. The van der Waals surface area contributed by atoms with Crippen molar-refractivity contribution >= 4 is 11.9 Å². The Morgan fingerprint density at radius 1 is 1.19 bits per heavy atom. The fourth-order valence-electron chi connectivity index (χ4n) is 2.57. The molecule has 1 atom stereocenters. The number of halogens is 3. The second-order valence-corrected chi connectivity index (χ2v) is 4.95. The van der Waals surface area contributed by atoms with Crippen LogP contribution in [0.2, 0.25) is 0 Å². The maximum absolute atomic E-state index is 12.6. The highest BCUT2D eigenvalue weighted by Crippen LogP contribution is 2.39. The average molecular weight is 301 g/mol. The number of benzene rings is 1. The molecule has 1 aliphatic rings. The number of carbonyl (C=O) groups excluding carboxylic acids is 2. The molecule has 1 aliphatic carbocycles. The van der Waals surface area contributed by atoms with Gasteiger partial charge in [0.1, 0.15) is 0 Å². The van der Waals surface area contributed by atoms with Gasteiger partial charge in [-0.2, -0.15) is 13.2 Å². The summed E-state index contributed by atoms with van der Waals surface area (Å²) in [4.78, 5) is 23.3. The molecule has 0 spiro atoms. The van der Waals surface area contributed by atoms with Crippen molar-refractivity contribution in [3.63, 3.8) is 0 Å². The fourth-order valence-corrected chi connectivity index (χ4v) is 2.57. The van der Waals surface area contributed by atoms with Crippen LogP contribution in [-0.2, 0) is 21.3 Å². The van der Waals surface area contributed by atoms with E-state index in [9.17, 15) is 22.8 Å². The van der Waals surface area contributed by atoms with Crippen LogP contribution in [0.5, 0.6) is 0 Å². The lowest BCUT2D eigenvalue weighted by Crippen LogP contribution is -2.44. The first kappa shape index (κ1) is 15.3. The van der Waals surface area contributed by atoms with Crippen molar-refractivity contribution < 1.29 is 27.5 Å². The van der Waals surface area contributed by atoms with Gasteiger partial charge in [0, 0.05) is 12.0 Å². The van der Waals surface area contributed by atoms with E-state index in [0.29, 0.717) is 12.8 Å². The summed E-state index contributed by atoms with van der Waals surface area (Å²) in [5, 5.41) is 0. The Kier molecular flexibility index (Phi) is 3.93. The molecule has 0 aromatic heterocycles. The summed E-state index contributed by atoms with van der Waals surface area (Å²) in [5.41, 5.74) is 2.84. The van der Waals surface area contributed by atoms with Crippen molar-refractivity contribution in [2.24, 2.45) is 5.73 Å². The maximum atomic E-state index is 12.6. The quantitative estimate of drug-likeness (QED) is 0.912. The Morgan fingerprint density at radius 2 is 1.81 bits per heavy atom. The molecule has 7 heteroatoms. The first-order valence-corrected chi connectivity index (χ1v) is 6.45. The summed E-state index contributed by atoms with van der Waals surface area (Å²) in [6.07, 6.45) is -3.88. The predicted octanol–water partition coefficient (Wildman–Crippen LogP) is 3.14. The van der Waals surface area contributed by atoms with Gasteiger partial charge in [-0.1, -0.05) is 12.1 Å². The van der Waals surface area contributed by atoms with E-state index < -0.39 is 23.4 Å². The normalized spacial score (nSPS) is 22.9. The van der Waals surface area contributed by atoms with Crippen LogP contribution in [0.15, 0.2) is 24.3 Å². The Balaban J connectivity index is 2.42. The molecule has 0 bridgehead atoms. The number of ketones is 1. The minimum absolute atomic E-state index is 0.203. The van der Waals surface area contributed by atoms with Crippen LogP contribution < -0.4 is 5.73 Å². The molecule has 21 heavy (non-hydrogen) atoms. The highest BCUT2D eigenvalue weighted by molar-refractivity contribution is 5.91. The number of amides is 1. The molecule has 1 aromatic carbocycles. The summed E-state index contributed by atoms with van der Waals surface area (Å²) < 4.78 is 42.7. The van der Waals surface area contributed by atoms with Crippen LogP contribution in [0, 0.1) is 0 Å². The minimum atomic E-state index is -4.47. The Labute approximate surface area is 119 Å². The molecule has 114 valence electrons. The zero-order chi connectivity index (χ0) is 15.7. The lowest BCUT2D eigenvalue weighted by Gasteiger charge is -2.35. The Bertz CT molecular complexity index is 554. The van der Waals surface area contributed by atoms with Crippen LogP contribution in [0.3, 0.4) is 0 Å². The Hall–Kier alpha value is -2.05. The molecule has 2 rings (SSSR count). The number of hydrogen-bond acceptors (Lipinski definition) is 3. The van der Waals surface area contributed by atoms with E-state index >= 15 is 0 Å². The van der Waals surface area contributed by atoms with Gasteiger partial charge < -0.3 is 10.5 Å². The highest BCUT2D eigenvalue weighted by Gasteiger charge is 2.45. The number of ether oxygens (including phenoxy) is 1. The summed E-state index contributed by atoms with van der Waals surface area (Å²) >= 11 is 0. The fraction of sp³-hybridized carbons (Fsp3) is 0.429. The monoisotopic (exact) mass is 301 g/mol. The van der Waals surface area contributed by atoms with Gasteiger partial charge >= 0.3 is 12.3 Å². The third-order valence-corrected chi connectivity index (χ3v) is 3.59. The molecule has 1 saturated carbocycles. The van der Waals surface area contributed by atoms with E-state index in [1.54, 1.807) is 0 Å². The second-order valence-electron chi connectivity index (χ2n) is 4.95. The van der Waals surface area contributed by atoms with E-state index in [1.165, 1.54) is 0 Å². The van der Waals surface area contributed by atoms with Crippen molar-refractivity contribution in [1.82, 2.24) is 0 Å². The standard InChI is InChI=1S/C14H14F3NO3/c15-14(16,17)10-6-4-9(5-7-10)13(21-12(18)20)8-2-1-3-11(13)19/h4-7H,1-3,8H2,(H2,18,20). The summed E-state index contributed by atoms with van der Waals surface area (Å²) in [7, 11) is 0. The Morgan fingerprint density at radius 3 is 2.29 bits per heavy atom. The second kappa shape index (κ2) is 5.38. The molecule has 4 nitrogen and oxygen atoms in total. The largest absolute Gasteiger partial charge is 0.430 e. The third kappa shape index (κ3) is 3.01. The molecule has 1 aromatic rings. The number of alkyl halides is 3. The van der Waals surface area contributed by atoms with Gasteiger partial charge in [0.2, 0.25) is 0 Å². The highest BCUT2D eigenvalue weighted by atomic mass is 19.4. The number of rotatable bonds is 2. The van der Waals surface area contributed by atoms with Crippen LogP contribution in [0.4, 0.5) is 18.0 Å². The number of nitrogens with two attached hydrogens (primary N) is 1. The van der Waals surface area contributed by atoms with Crippen LogP contribution in [-0.4, -0.2) is 11.9 Å². The summed E-state index contributed by atoms with van der Waals surface area (Å²) in [6.45, 7) is 0. The summed E-state index contributed by atoms with van der Waals surface area (Å²) in [5.74, 6) is -0.340. The molecule has 0 radical (unpaired) electrons. The van der Waals surface area contributed by atoms with Gasteiger partial charge in [-0.25, -0.2) is 4.79 Å².